The second-order valence-corrected chi connectivity index (χ2v) is 6.31. The molecule has 21 heavy (non-hydrogen) atoms. The van der Waals surface area contributed by atoms with Gasteiger partial charge in [-0.05, 0) is 0 Å². The predicted molar refractivity (Wildman–Crippen MR) is 78.2 cm³/mol. The molecule has 0 bridgehead atoms. The maximum atomic E-state index is 11.7. The first kappa shape index (κ1) is 16.9. The molecule has 0 aromatic carbocycles. The van der Waals surface area contributed by atoms with E-state index in [2.05, 4.69) is 15.6 Å². The highest BCUT2D eigenvalue weighted by molar-refractivity contribution is 7.13. The number of nitrogens with two attached hydrogens (primary N) is 1. The summed E-state index contributed by atoms with van der Waals surface area (Å²) in [5, 5.41) is 15.6. The number of anilines is 1. The molecule has 0 aliphatic heterocycles. The van der Waals surface area contributed by atoms with E-state index in [4.69, 9.17) is 10.8 Å². The van der Waals surface area contributed by atoms with Crippen LogP contribution in [0, 0.1) is 0 Å². The number of aliphatic carboxylic acids is 1. The summed E-state index contributed by atoms with van der Waals surface area (Å²) in [6.45, 7) is 5.96. The molecule has 1 heterocycles. The van der Waals surface area contributed by atoms with Crippen molar-refractivity contribution >= 4 is 34.4 Å². The van der Waals surface area contributed by atoms with Gasteiger partial charge in [0.2, 0.25) is 5.91 Å². The number of carbonyl (C=O) groups is 3. The van der Waals surface area contributed by atoms with Crippen LogP contribution >= 0.6 is 11.3 Å². The van der Waals surface area contributed by atoms with Crippen LogP contribution in [0.2, 0.25) is 0 Å². The molecule has 5 N–H and O–H groups in total. The van der Waals surface area contributed by atoms with Crippen LogP contribution in [0.4, 0.5) is 9.93 Å². The van der Waals surface area contributed by atoms with Crippen LogP contribution in [-0.4, -0.2) is 34.0 Å². The van der Waals surface area contributed by atoms with Gasteiger partial charge in [0.05, 0.1) is 12.1 Å². The van der Waals surface area contributed by atoms with Gasteiger partial charge in [-0.3, -0.25) is 10.1 Å². The minimum atomic E-state index is -1.37. The second-order valence-electron chi connectivity index (χ2n) is 5.45. The van der Waals surface area contributed by atoms with E-state index in [-0.39, 0.29) is 5.41 Å². The summed E-state index contributed by atoms with van der Waals surface area (Å²) in [6.07, 6.45) is -0.478. The van der Waals surface area contributed by atoms with Crippen molar-refractivity contribution in [2.45, 2.75) is 38.6 Å². The Morgan fingerprint density at radius 2 is 2.05 bits per heavy atom. The van der Waals surface area contributed by atoms with Crippen LogP contribution < -0.4 is 16.4 Å². The summed E-state index contributed by atoms with van der Waals surface area (Å²) >= 11 is 1.23. The van der Waals surface area contributed by atoms with Gasteiger partial charge in [-0.1, -0.05) is 20.8 Å². The molecule has 1 aromatic rings. The van der Waals surface area contributed by atoms with Gasteiger partial charge in [-0.2, -0.15) is 0 Å². The van der Waals surface area contributed by atoms with Crippen LogP contribution in [0.5, 0.6) is 0 Å². The third-order valence-electron chi connectivity index (χ3n) is 2.50. The first-order valence-corrected chi connectivity index (χ1v) is 7.02. The Labute approximate surface area is 125 Å². The number of carboxylic acids is 1. The number of thiazole rings is 1. The number of primary amides is 1. The molecule has 0 aliphatic rings. The van der Waals surface area contributed by atoms with Gasteiger partial charge in [0, 0.05) is 10.8 Å². The molecule has 0 radical (unpaired) electrons. The number of nitrogens with one attached hydrogen (secondary N) is 2. The van der Waals surface area contributed by atoms with Crippen molar-refractivity contribution in [1.29, 1.82) is 0 Å². The smallest absolute Gasteiger partial charge is 0.326 e. The zero-order chi connectivity index (χ0) is 16.2. The number of urea groups is 1. The number of carboxylic acid groups (broad SMARTS) is 1. The van der Waals surface area contributed by atoms with Crippen molar-refractivity contribution in [1.82, 2.24) is 10.3 Å². The molecule has 3 amide bonds. The zero-order valence-corrected chi connectivity index (χ0v) is 12.8. The zero-order valence-electron chi connectivity index (χ0n) is 12.0. The Kier molecular flexibility index (Phi) is 5.25. The molecule has 0 saturated heterocycles. The molecule has 0 aliphatic carbocycles. The van der Waals surface area contributed by atoms with Gasteiger partial charge in [0.25, 0.3) is 0 Å². The van der Waals surface area contributed by atoms with Gasteiger partial charge >= 0.3 is 12.0 Å². The number of hydrogen-bond donors (Lipinski definition) is 4. The summed E-state index contributed by atoms with van der Waals surface area (Å²) < 4.78 is 0. The summed E-state index contributed by atoms with van der Waals surface area (Å²) in [4.78, 5) is 37.6. The highest BCUT2D eigenvalue weighted by Gasteiger charge is 2.23. The van der Waals surface area contributed by atoms with E-state index in [9.17, 15) is 14.4 Å². The van der Waals surface area contributed by atoms with Gasteiger partial charge in [-0.15, -0.1) is 11.3 Å². The SMILES string of the molecule is CC(C)(C)c1csc(NC(=O)NC(CC(N)=O)C(=O)O)n1. The molecular weight excluding hydrogens is 296 g/mol. The van der Waals surface area contributed by atoms with E-state index in [1.165, 1.54) is 11.3 Å². The lowest BCUT2D eigenvalue weighted by atomic mass is 9.93. The molecule has 9 heteroatoms. The van der Waals surface area contributed by atoms with Crippen molar-refractivity contribution in [2.75, 3.05) is 5.32 Å². The Hall–Kier alpha value is -2.16. The summed E-state index contributed by atoms with van der Waals surface area (Å²) in [6, 6.07) is -2.12. The summed E-state index contributed by atoms with van der Waals surface area (Å²) in [5.74, 6) is -2.15. The average Bonchev–Trinajstić information content (AvgIpc) is 2.75. The molecule has 0 fully saturated rings. The lowest BCUT2D eigenvalue weighted by molar-refractivity contribution is -0.140. The third kappa shape index (κ3) is 5.38. The lowest BCUT2D eigenvalue weighted by Crippen LogP contribution is -2.45. The Morgan fingerprint density at radius 1 is 1.43 bits per heavy atom. The van der Waals surface area contributed by atoms with E-state index in [1.54, 1.807) is 0 Å². The molecular formula is C12H18N4O4S. The number of amides is 3. The standard InChI is InChI=1S/C12H18N4O4S/c1-12(2,3)7-5-21-11(15-7)16-10(20)14-6(9(18)19)4-8(13)17/h5-6H,4H2,1-3H3,(H2,13,17)(H,18,19)(H2,14,15,16,20). The van der Waals surface area contributed by atoms with Gasteiger partial charge in [0.15, 0.2) is 5.13 Å². The fourth-order valence-corrected chi connectivity index (χ4v) is 2.30. The Bertz CT molecular complexity index is 550. The van der Waals surface area contributed by atoms with Crippen molar-refractivity contribution in [2.24, 2.45) is 5.73 Å². The largest absolute Gasteiger partial charge is 0.480 e. The van der Waals surface area contributed by atoms with Crippen molar-refractivity contribution in [3.05, 3.63) is 11.1 Å². The molecule has 1 rings (SSSR count). The Balaban J connectivity index is 2.66. The van der Waals surface area contributed by atoms with Gasteiger partial charge in [-0.25, -0.2) is 14.6 Å². The normalized spacial score (nSPS) is 12.5. The minimum Gasteiger partial charge on any atom is -0.480 e. The number of rotatable bonds is 5. The van der Waals surface area contributed by atoms with Crippen molar-refractivity contribution < 1.29 is 19.5 Å². The van der Waals surface area contributed by atoms with Crippen molar-refractivity contribution in [3.8, 4) is 0 Å². The molecule has 1 aromatic heterocycles. The van der Waals surface area contributed by atoms with Gasteiger partial charge in [0.1, 0.15) is 6.04 Å². The molecule has 0 saturated carbocycles. The van der Waals surface area contributed by atoms with E-state index in [0.717, 1.165) is 5.69 Å². The number of nitrogens with zero attached hydrogens (tertiary/aromatic N) is 1. The van der Waals surface area contributed by atoms with Gasteiger partial charge < -0.3 is 16.2 Å². The predicted octanol–water partition coefficient (Wildman–Crippen LogP) is 0.891. The highest BCUT2D eigenvalue weighted by atomic mass is 32.1. The maximum Gasteiger partial charge on any atom is 0.326 e. The van der Waals surface area contributed by atoms with Crippen molar-refractivity contribution in [3.63, 3.8) is 0 Å². The molecule has 0 spiro atoms. The number of hydrogen-bond acceptors (Lipinski definition) is 5. The van der Waals surface area contributed by atoms with Crippen LogP contribution in [0.1, 0.15) is 32.9 Å². The molecule has 8 nitrogen and oxygen atoms in total. The highest BCUT2D eigenvalue weighted by Crippen LogP contribution is 2.26. The van der Waals surface area contributed by atoms with E-state index in [1.807, 2.05) is 26.2 Å². The average molecular weight is 314 g/mol. The number of aromatic nitrogens is 1. The lowest BCUT2D eigenvalue weighted by Gasteiger charge is -2.14. The third-order valence-corrected chi connectivity index (χ3v) is 3.26. The second kappa shape index (κ2) is 6.53. The fourth-order valence-electron chi connectivity index (χ4n) is 1.37. The number of carbonyl (C=O) groups excluding carboxylic acids is 2. The summed E-state index contributed by atoms with van der Waals surface area (Å²) in [5.41, 5.74) is 5.59. The molecule has 1 atom stereocenters. The van der Waals surface area contributed by atoms with E-state index >= 15 is 0 Å². The van der Waals surface area contributed by atoms with Crippen LogP contribution in [0.25, 0.3) is 0 Å². The minimum absolute atomic E-state index is 0.150. The quantitative estimate of drug-likeness (QED) is 0.640. The van der Waals surface area contributed by atoms with Crippen LogP contribution in [0.3, 0.4) is 0 Å². The Morgan fingerprint density at radius 3 is 2.48 bits per heavy atom. The molecule has 116 valence electrons. The molecule has 1 unspecified atom stereocenters. The maximum absolute atomic E-state index is 11.7. The van der Waals surface area contributed by atoms with Crippen LogP contribution in [0.15, 0.2) is 5.38 Å². The topological polar surface area (TPSA) is 134 Å². The van der Waals surface area contributed by atoms with Crippen LogP contribution in [-0.2, 0) is 15.0 Å². The first-order valence-electron chi connectivity index (χ1n) is 6.14. The summed E-state index contributed by atoms with van der Waals surface area (Å²) in [7, 11) is 0. The first-order chi connectivity index (χ1) is 9.59. The van der Waals surface area contributed by atoms with E-state index in [0.29, 0.717) is 5.13 Å². The monoisotopic (exact) mass is 314 g/mol. The van der Waals surface area contributed by atoms with E-state index < -0.39 is 30.4 Å². The fraction of sp³-hybridized carbons (Fsp3) is 0.500.